The zero-order valence-corrected chi connectivity index (χ0v) is 13.2. The van der Waals surface area contributed by atoms with E-state index in [1.165, 1.54) is 24.4 Å². The molecule has 1 aliphatic rings. The minimum atomic E-state index is -4.49. The number of amides is 1. The number of ether oxygens (including phenoxy) is 1. The van der Waals surface area contributed by atoms with Crippen LogP contribution in [0.15, 0.2) is 35.0 Å². The average Bonchev–Trinajstić information content (AvgIpc) is 3.14. The first-order chi connectivity index (χ1) is 11.9. The van der Waals surface area contributed by atoms with Gasteiger partial charge in [-0.1, -0.05) is 11.2 Å². The molecule has 0 unspecified atom stereocenters. The number of pyridine rings is 1. The second-order valence-corrected chi connectivity index (χ2v) is 5.78. The van der Waals surface area contributed by atoms with Crippen molar-refractivity contribution in [3.8, 4) is 5.88 Å². The Labute approximate surface area is 141 Å². The molecule has 0 saturated carbocycles. The first kappa shape index (κ1) is 17.2. The van der Waals surface area contributed by atoms with E-state index in [1.54, 1.807) is 4.90 Å². The maximum Gasteiger partial charge on any atom is 0.433 e. The molecule has 0 radical (unpaired) electrons. The number of carbonyl (C=O) groups is 1. The van der Waals surface area contributed by atoms with Crippen LogP contribution in [0.5, 0.6) is 5.88 Å². The zero-order chi connectivity index (χ0) is 17.9. The molecule has 1 fully saturated rings. The number of carbonyl (C=O) groups excluding carboxylic acids is 1. The van der Waals surface area contributed by atoms with Crippen LogP contribution in [0.2, 0.25) is 0 Å². The summed E-state index contributed by atoms with van der Waals surface area (Å²) in [5.74, 6) is 0.0874. The van der Waals surface area contributed by atoms with Gasteiger partial charge < -0.3 is 14.2 Å². The molecule has 6 nitrogen and oxygen atoms in total. The van der Waals surface area contributed by atoms with Gasteiger partial charge in [-0.3, -0.25) is 4.79 Å². The number of alkyl halides is 3. The van der Waals surface area contributed by atoms with Crippen molar-refractivity contribution in [3.05, 3.63) is 41.9 Å². The first-order valence-electron chi connectivity index (χ1n) is 7.80. The first-order valence-corrected chi connectivity index (χ1v) is 7.80. The lowest BCUT2D eigenvalue weighted by atomic mass is 9.97. The van der Waals surface area contributed by atoms with Crippen LogP contribution < -0.4 is 4.74 Å². The van der Waals surface area contributed by atoms with E-state index in [9.17, 15) is 18.0 Å². The number of aromatic nitrogens is 2. The van der Waals surface area contributed by atoms with Gasteiger partial charge in [-0.25, -0.2) is 4.98 Å². The maximum absolute atomic E-state index is 12.6. The molecule has 3 rings (SSSR count). The van der Waals surface area contributed by atoms with E-state index in [4.69, 9.17) is 9.26 Å². The quantitative estimate of drug-likeness (QED) is 0.843. The van der Waals surface area contributed by atoms with Gasteiger partial charge in [0.1, 0.15) is 5.69 Å². The summed E-state index contributed by atoms with van der Waals surface area (Å²) in [6, 6.07) is 5.08. The highest BCUT2D eigenvalue weighted by molar-refractivity contribution is 5.91. The smallest absolute Gasteiger partial charge is 0.433 e. The molecule has 9 heteroatoms. The zero-order valence-electron chi connectivity index (χ0n) is 13.2. The maximum atomic E-state index is 12.6. The van der Waals surface area contributed by atoms with Crippen molar-refractivity contribution in [2.24, 2.45) is 5.92 Å². The largest absolute Gasteiger partial charge is 0.477 e. The normalized spacial score (nSPS) is 16.0. The van der Waals surface area contributed by atoms with Gasteiger partial charge in [0.2, 0.25) is 11.6 Å². The van der Waals surface area contributed by atoms with Gasteiger partial charge >= 0.3 is 6.18 Å². The van der Waals surface area contributed by atoms with E-state index < -0.39 is 11.9 Å². The number of hydrogen-bond donors (Lipinski definition) is 0. The molecular weight excluding hydrogens is 339 g/mol. The minimum Gasteiger partial charge on any atom is -0.477 e. The summed E-state index contributed by atoms with van der Waals surface area (Å²) in [6.45, 7) is 1.33. The van der Waals surface area contributed by atoms with Crippen LogP contribution in [0.25, 0.3) is 0 Å². The van der Waals surface area contributed by atoms with Crippen LogP contribution in [0.4, 0.5) is 13.2 Å². The van der Waals surface area contributed by atoms with Crippen LogP contribution in [0, 0.1) is 5.92 Å². The molecule has 1 amide bonds. The second kappa shape index (κ2) is 7.12. The summed E-state index contributed by atoms with van der Waals surface area (Å²) in [4.78, 5) is 17.3. The van der Waals surface area contributed by atoms with Gasteiger partial charge in [-0.2, -0.15) is 13.2 Å². The van der Waals surface area contributed by atoms with Crippen molar-refractivity contribution in [1.82, 2.24) is 15.0 Å². The summed E-state index contributed by atoms with van der Waals surface area (Å²) in [7, 11) is 0. The number of halogens is 3. The van der Waals surface area contributed by atoms with Crippen molar-refractivity contribution in [2.75, 3.05) is 19.7 Å². The third kappa shape index (κ3) is 4.28. The van der Waals surface area contributed by atoms with E-state index in [-0.39, 0.29) is 30.1 Å². The van der Waals surface area contributed by atoms with Crippen LogP contribution >= 0.6 is 0 Å². The third-order valence-corrected chi connectivity index (χ3v) is 4.03. The van der Waals surface area contributed by atoms with E-state index in [0.717, 1.165) is 6.07 Å². The van der Waals surface area contributed by atoms with Crippen LogP contribution in [-0.4, -0.2) is 40.6 Å². The standard InChI is InChI=1S/C16H16F3N3O3/c17-16(18,19)13-2-1-3-14(21-13)24-10-11-5-8-22(9-6-11)15(23)12-4-7-20-25-12/h1-4,7,11H,5-6,8-10H2. The molecule has 0 spiro atoms. The number of nitrogens with zero attached hydrogens (tertiary/aromatic N) is 3. The Kier molecular flexibility index (Phi) is 4.91. The van der Waals surface area contributed by atoms with Crippen molar-refractivity contribution in [2.45, 2.75) is 19.0 Å². The van der Waals surface area contributed by atoms with Gasteiger partial charge in [0, 0.05) is 25.2 Å². The van der Waals surface area contributed by atoms with Gasteiger partial charge in [-0.05, 0) is 24.8 Å². The molecule has 0 atom stereocenters. The monoisotopic (exact) mass is 355 g/mol. The lowest BCUT2D eigenvalue weighted by Gasteiger charge is -2.31. The molecule has 134 valence electrons. The van der Waals surface area contributed by atoms with Crippen molar-refractivity contribution >= 4 is 5.91 Å². The van der Waals surface area contributed by atoms with Gasteiger partial charge in [-0.15, -0.1) is 0 Å². The minimum absolute atomic E-state index is 0.0463. The Morgan fingerprint density at radius 3 is 2.68 bits per heavy atom. The topological polar surface area (TPSA) is 68.5 Å². The number of piperidine rings is 1. The summed E-state index contributed by atoms with van der Waals surface area (Å²) >= 11 is 0. The molecule has 0 N–H and O–H groups in total. The van der Waals surface area contributed by atoms with Gasteiger partial charge in [0.25, 0.3) is 5.91 Å². The molecule has 1 saturated heterocycles. The summed E-state index contributed by atoms with van der Waals surface area (Å²) in [5.41, 5.74) is -0.975. The molecule has 2 aromatic heterocycles. The van der Waals surface area contributed by atoms with Crippen LogP contribution in [-0.2, 0) is 6.18 Å². The molecule has 0 aliphatic carbocycles. The average molecular weight is 355 g/mol. The van der Waals surface area contributed by atoms with Crippen LogP contribution in [0.3, 0.4) is 0 Å². The lowest BCUT2D eigenvalue weighted by Crippen LogP contribution is -2.39. The lowest BCUT2D eigenvalue weighted by molar-refractivity contribution is -0.141. The molecule has 3 heterocycles. The Bertz CT molecular complexity index is 711. The molecule has 25 heavy (non-hydrogen) atoms. The van der Waals surface area contributed by atoms with E-state index in [0.29, 0.717) is 25.9 Å². The van der Waals surface area contributed by atoms with Gasteiger partial charge in [0.15, 0.2) is 0 Å². The Morgan fingerprint density at radius 2 is 2.04 bits per heavy atom. The highest BCUT2D eigenvalue weighted by atomic mass is 19.4. The Hall–Kier alpha value is -2.58. The SMILES string of the molecule is O=C(c1ccno1)N1CCC(COc2cccc(C(F)(F)F)n2)CC1. The van der Waals surface area contributed by atoms with Crippen molar-refractivity contribution < 1.29 is 27.2 Å². The molecule has 0 aromatic carbocycles. The summed E-state index contributed by atoms with van der Waals surface area (Å²) in [5, 5.41) is 3.51. The summed E-state index contributed by atoms with van der Waals surface area (Å²) in [6.07, 6.45) is -1.70. The summed E-state index contributed by atoms with van der Waals surface area (Å²) < 4.78 is 48.2. The second-order valence-electron chi connectivity index (χ2n) is 5.78. The molecule has 2 aromatic rings. The number of hydrogen-bond acceptors (Lipinski definition) is 5. The predicted octanol–water partition coefficient (Wildman–Crippen LogP) is 3.02. The Balaban J connectivity index is 1.49. The van der Waals surface area contributed by atoms with Crippen molar-refractivity contribution in [1.29, 1.82) is 0 Å². The fraction of sp³-hybridized carbons (Fsp3) is 0.438. The predicted molar refractivity (Wildman–Crippen MR) is 79.9 cm³/mol. The molecule has 0 bridgehead atoms. The van der Waals surface area contributed by atoms with Crippen LogP contribution in [0.1, 0.15) is 29.1 Å². The fourth-order valence-corrected chi connectivity index (χ4v) is 2.64. The fourth-order valence-electron chi connectivity index (χ4n) is 2.64. The Morgan fingerprint density at radius 1 is 1.28 bits per heavy atom. The number of likely N-dealkylation sites (tertiary alicyclic amines) is 1. The highest BCUT2D eigenvalue weighted by Crippen LogP contribution is 2.29. The molecule has 1 aliphatic heterocycles. The van der Waals surface area contributed by atoms with E-state index in [1.807, 2.05) is 0 Å². The molecular formula is C16H16F3N3O3. The highest BCUT2D eigenvalue weighted by Gasteiger charge is 2.32. The van der Waals surface area contributed by atoms with Crippen molar-refractivity contribution in [3.63, 3.8) is 0 Å². The van der Waals surface area contributed by atoms with E-state index >= 15 is 0 Å². The third-order valence-electron chi connectivity index (χ3n) is 4.03. The number of rotatable bonds is 4. The van der Waals surface area contributed by atoms with Gasteiger partial charge in [0.05, 0.1) is 12.8 Å². The van der Waals surface area contributed by atoms with E-state index in [2.05, 4.69) is 10.1 Å².